The van der Waals surface area contributed by atoms with Crippen molar-refractivity contribution in [2.45, 2.75) is 26.4 Å². The Labute approximate surface area is 137 Å². The fourth-order valence-electron chi connectivity index (χ4n) is 2.80. The molecular formula is C17H25N3O3. The van der Waals surface area contributed by atoms with Crippen molar-refractivity contribution in [2.75, 3.05) is 33.3 Å². The van der Waals surface area contributed by atoms with Crippen LogP contribution in [0.25, 0.3) is 0 Å². The molecule has 126 valence electrons. The van der Waals surface area contributed by atoms with E-state index in [1.54, 1.807) is 0 Å². The number of imide groups is 1. The smallest absolute Gasteiger partial charge is 0.413 e. The van der Waals surface area contributed by atoms with Crippen LogP contribution in [0.5, 0.6) is 0 Å². The number of benzene rings is 1. The Hall–Kier alpha value is -1.92. The number of carbonyl (C=O) groups is 2. The molecule has 1 heterocycles. The van der Waals surface area contributed by atoms with Gasteiger partial charge in [-0.2, -0.15) is 0 Å². The zero-order valence-electron chi connectivity index (χ0n) is 14.0. The number of carbonyl (C=O) groups excluding carboxylic acids is 2. The fraction of sp³-hybridized carbons (Fsp3) is 0.529. The molecule has 2 amide bonds. The summed E-state index contributed by atoms with van der Waals surface area (Å²) >= 11 is 0. The number of ether oxygens (including phenoxy) is 1. The van der Waals surface area contributed by atoms with Crippen LogP contribution in [0.1, 0.15) is 18.1 Å². The first kappa shape index (κ1) is 17.4. The molecule has 1 aliphatic heterocycles. The molecule has 0 aliphatic carbocycles. The highest BCUT2D eigenvalue weighted by atomic mass is 16.5. The molecule has 0 spiro atoms. The van der Waals surface area contributed by atoms with Gasteiger partial charge in [-0.15, -0.1) is 0 Å². The van der Waals surface area contributed by atoms with Gasteiger partial charge in [-0.05, 0) is 19.4 Å². The fourth-order valence-corrected chi connectivity index (χ4v) is 2.80. The molecule has 1 fully saturated rings. The summed E-state index contributed by atoms with van der Waals surface area (Å²) in [5.41, 5.74) is 2.59. The zero-order valence-corrected chi connectivity index (χ0v) is 14.0. The minimum absolute atomic E-state index is 0.316. The van der Waals surface area contributed by atoms with Crippen LogP contribution in [0.3, 0.4) is 0 Å². The molecule has 1 saturated heterocycles. The summed E-state index contributed by atoms with van der Waals surface area (Å²) in [6.45, 7) is 8.27. The van der Waals surface area contributed by atoms with Crippen LogP contribution in [0, 0.1) is 6.92 Å². The first-order valence-corrected chi connectivity index (χ1v) is 7.90. The number of alkyl carbamates (subject to hydrolysis) is 1. The van der Waals surface area contributed by atoms with E-state index in [4.69, 9.17) is 0 Å². The first-order valence-electron chi connectivity index (χ1n) is 7.90. The van der Waals surface area contributed by atoms with Crippen LogP contribution in [0.4, 0.5) is 4.79 Å². The Morgan fingerprint density at radius 3 is 2.57 bits per heavy atom. The van der Waals surface area contributed by atoms with E-state index in [1.807, 2.05) is 6.92 Å². The largest absolute Gasteiger partial charge is 0.453 e. The molecule has 1 aliphatic rings. The maximum absolute atomic E-state index is 12.0. The molecule has 23 heavy (non-hydrogen) atoms. The monoisotopic (exact) mass is 319 g/mol. The third kappa shape index (κ3) is 5.04. The average Bonchev–Trinajstić information content (AvgIpc) is 2.54. The number of methoxy groups -OCH3 is 1. The van der Waals surface area contributed by atoms with Crippen molar-refractivity contribution in [2.24, 2.45) is 0 Å². The molecule has 0 bridgehead atoms. The standard InChI is InChI=1S/C17H25N3O3/c1-13-5-4-6-15(11-13)12-19-7-9-20(10-8-19)14(2)16(21)18-17(22)23-3/h4-6,11,14H,7-10,12H2,1-3H3,(H,18,21,22)/t14-/m0/s1. The number of aryl methyl sites for hydroxylation is 1. The number of piperazine rings is 1. The quantitative estimate of drug-likeness (QED) is 0.908. The summed E-state index contributed by atoms with van der Waals surface area (Å²) in [5.74, 6) is -0.316. The minimum atomic E-state index is -0.708. The third-order valence-electron chi connectivity index (χ3n) is 4.23. The van der Waals surface area contributed by atoms with Crippen LogP contribution in [-0.4, -0.2) is 61.1 Å². The highest BCUT2D eigenvalue weighted by molar-refractivity contribution is 5.94. The van der Waals surface area contributed by atoms with Crippen molar-refractivity contribution in [1.82, 2.24) is 15.1 Å². The normalized spacial score (nSPS) is 17.5. The molecule has 1 aromatic carbocycles. The summed E-state index contributed by atoms with van der Waals surface area (Å²) in [7, 11) is 1.25. The summed E-state index contributed by atoms with van der Waals surface area (Å²) in [4.78, 5) is 27.5. The summed E-state index contributed by atoms with van der Waals surface area (Å²) < 4.78 is 4.45. The predicted octanol–water partition coefficient (Wildman–Crippen LogP) is 1.38. The van der Waals surface area contributed by atoms with Gasteiger partial charge in [0, 0.05) is 32.7 Å². The van der Waals surface area contributed by atoms with Crippen LogP contribution in [0.15, 0.2) is 24.3 Å². The van der Waals surface area contributed by atoms with Crippen molar-refractivity contribution in [3.63, 3.8) is 0 Å². The van der Waals surface area contributed by atoms with E-state index in [0.717, 1.165) is 32.7 Å². The van der Waals surface area contributed by atoms with Gasteiger partial charge in [0.15, 0.2) is 0 Å². The second kappa shape index (κ2) is 8.08. The molecule has 1 atom stereocenters. The summed E-state index contributed by atoms with van der Waals surface area (Å²) in [5, 5.41) is 2.23. The topological polar surface area (TPSA) is 61.9 Å². The Balaban J connectivity index is 1.81. The van der Waals surface area contributed by atoms with Crippen LogP contribution in [0.2, 0.25) is 0 Å². The van der Waals surface area contributed by atoms with Crippen LogP contribution < -0.4 is 5.32 Å². The lowest BCUT2D eigenvalue weighted by atomic mass is 10.1. The van der Waals surface area contributed by atoms with E-state index < -0.39 is 6.09 Å². The summed E-state index contributed by atoms with van der Waals surface area (Å²) in [6.07, 6.45) is -0.708. The second-order valence-corrected chi connectivity index (χ2v) is 5.96. The molecule has 0 aromatic heterocycles. The SMILES string of the molecule is COC(=O)NC(=O)[C@H](C)N1CCN(Cc2cccc(C)c2)CC1. The van der Waals surface area contributed by atoms with Gasteiger partial charge < -0.3 is 4.74 Å². The lowest BCUT2D eigenvalue weighted by molar-refractivity contribution is -0.125. The lowest BCUT2D eigenvalue weighted by Crippen LogP contribution is -2.54. The number of nitrogens with one attached hydrogen (secondary N) is 1. The molecule has 6 nitrogen and oxygen atoms in total. The van der Waals surface area contributed by atoms with Gasteiger partial charge in [-0.1, -0.05) is 29.8 Å². The molecule has 1 aromatic rings. The molecule has 0 saturated carbocycles. The van der Waals surface area contributed by atoms with E-state index in [-0.39, 0.29) is 11.9 Å². The van der Waals surface area contributed by atoms with E-state index >= 15 is 0 Å². The van der Waals surface area contributed by atoms with Crippen LogP contribution >= 0.6 is 0 Å². The molecule has 1 N–H and O–H groups in total. The zero-order chi connectivity index (χ0) is 16.8. The molecule has 0 unspecified atom stereocenters. The molecule has 6 heteroatoms. The average molecular weight is 319 g/mol. The first-order chi connectivity index (χ1) is 11.0. The second-order valence-electron chi connectivity index (χ2n) is 5.96. The Bertz CT molecular complexity index is 554. The van der Waals surface area contributed by atoms with Gasteiger partial charge in [0.25, 0.3) is 0 Å². The van der Waals surface area contributed by atoms with Gasteiger partial charge in [0.05, 0.1) is 13.2 Å². The van der Waals surface area contributed by atoms with Gasteiger partial charge in [0.1, 0.15) is 0 Å². The Morgan fingerprint density at radius 2 is 1.96 bits per heavy atom. The Kier molecular flexibility index (Phi) is 6.12. The van der Waals surface area contributed by atoms with Crippen molar-refractivity contribution in [3.8, 4) is 0 Å². The predicted molar refractivity (Wildman–Crippen MR) is 88.0 cm³/mol. The van der Waals surface area contributed by atoms with Gasteiger partial charge >= 0.3 is 6.09 Å². The molecular weight excluding hydrogens is 294 g/mol. The van der Waals surface area contributed by atoms with E-state index in [1.165, 1.54) is 18.2 Å². The minimum Gasteiger partial charge on any atom is -0.453 e. The number of hydrogen-bond donors (Lipinski definition) is 1. The van der Waals surface area contributed by atoms with E-state index in [9.17, 15) is 9.59 Å². The number of nitrogens with zero attached hydrogens (tertiary/aromatic N) is 2. The molecule has 2 rings (SSSR count). The number of hydrogen-bond acceptors (Lipinski definition) is 5. The van der Waals surface area contributed by atoms with Crippen molar-refractivity contribution >= 4 is 12.0 Å². The Morgan fingerprint density at radius 1 is 1.26 bits per heavy atom. The highest BCUT2D eigenvalue weighted by Crippen LogP contribution is 2.12. The van der Waals surface area contributed by atoms with Gasteiger partial charge in [-0.25, -0.2) is 4.79 Å². The van der Waals surface area contributed by atoms with Gasteiger partial charge in [0.2, 0.25) is 5.91 Å². The third-order valence-corrected chi connectivity index (χ3v) is 4.23. The molecule has 0 radical (unpaired) electrons. The van der Waals surface area contributed by atoms with Crippen LogP contribution in [-0.2, 0) is 16.1 Å². The van der Waals surface area contributed by atoms with Crippen molar-refractivity contribution in [1.29, 1.82) is 0 Å². The van der Waals surface area contributed by atoms with E-state index in [0.29, 0.717) is 0 Å². The number of rotatable bonds is 4. The highest BCUT2D eigenvalue weighted by Gasteiger charge is 2.26. The maximum Gasteiger partial charge on any atom is 0.413 e. The maximum atomic E-state index is 12.0. The number of amides is 2. The van der Waals surface area contributed by atoms with E-state index in [2.05, 4.69) is 51.0 Å². The van der Waals surface area contributed by atoms with Gasteiger partial charge in [-0.3, -0.25) is 19.9 Å². The lowest BCUT2D eigenvalue weighted by Gasteiger charge is -2.37. The summed E-state index contributed by atoms with van der Waals surface area (Å²) in [6, 6.07) is 8.20. The van der Waals surface area contributed by atoms with Crippen molar-refractivity contribution in [3.05, 3.63) is 35.4 Å². The van der Waals surface area contributed by atoms with Crippen molar-refractivity contribution < 1.29 is 14.3 Å².